The van der Waals surface area contributed by atoms with E-state index in [0.717, 1.165) is 5.56 Å². The lowest BCUT2D eigenvalue weighted by Crippen LogP contribution is -2.00. The second kappa shape index (κ2) is 4.57. The van der Waals surface area contributed by atoms with Crippen LogP contribution in [0.4, 0.5) is 0 Å². The molecule has 2 aromatic carbocycles. The molecular formula is C15H11NO3. The molecule has 4 heteroatoms. The van der Waals surface area contributed by atoms with Crippen LogP contribution in [-0.4, -0.2) is 18.1 Å². The third-order valence-corrected chi connectivity index (χ3v) is 2.83. The van der Waals surface area contributed by atoms with Crippen molar-refractivity contribution < 1.29 is 13.9 Å². The molecule has 3 aromatic rings. The summed E-state index contributed by atoms with van der Waals surface area (Å²) in [6.07, 6.45) is 0. The first kappa shape index (κ1) is 11.5. The van der Waals surface area contributed by atoms with Crippen LogP contribution in [0.15, 0.2) is 52.9 Å². The second-order valence-electron chi connectivity index (χ2n) is 4.06. The molecule has 0 saturated heterocycles. The van der Waals surface area contributed by atoms with E-state index in [-0.39, 0.29) is 5.97 Å². The number of nitrogens with zero attached hydrogens (tertiary/aromatic N) is 1. The number of hydrogen-bond donors (Lipinski definition) is 0. The third-order valence-electron chi connectivity index (χ3n) is 2.83. The van der Waals surface area contributed by atoms with E-state index in [1.807, 2.05) is 30.3 Å². The van der Waals surface area contributed by atoms with Gasteiger partial charge in [-0.05, 0) is 30.3 Å². The largest absolute Gasteiger partial charge is 0.465 e. The van der Waals surface area contributed by atoms with Crippen LogP contribution >= 0.6 is 0 Å². The fraction of sp³-hybridized carbons (Fsp3) is 0.0667. The Morgan fingerprint density at radius 1 is 1.16 bits per heavy atom. The van der Waals surface area contributed by atoms with Crippen LogP contribution in [-0.2, 0) is 4.74 Å². The Morgan fingerprint density at radius 3 is 2.68 bits per heavy atom. The zero-order valence-electron chi connectivity index (χ0n) is 10.3. The van der Waals surface area contributed by atoms with Gasteiger partial charge in [0.25, 0.3) is 0 Å². The number of methoxy groups -OCH3 is 1. The average molecular weight is 253 g/mol. The summed E-state index contributed by atoms with van der Waals surface area (Å²) in [5, 5.41) is 0. The highest BCUT2D eigenvalue weighted by molar-refractivity contribution is 5.93. The van der Waals surface area contributed by atoms with E-state index in [0.29, 0.717) is 22.6 Å². The summed E-state index contributed by atoms with van der Waals surface area (Å²) in [5.74, 6) is 0.150. The van der Waals surface area contributed by atoms with E-state index < -0.39 is 0 Å². The van der Waals surface area contributed by atoms with Crippen LogP contribution in [0.1, 0.15) is 10.4 Å². The Labute approximate surface area is 109 Å². The summed E-state index contributed by atoms with van der Waals surface area (Å²) in [5.41, 5.74) is 2.64. The molecule has 0 aliphatic carbocycles. The maximum Gasteiger partial charge on any atom is 0.337 e. The normalized spacial score (nSPS) is 10.6. The molecule has 1 heterocycles. The summed E-state index contributed by atoms with van der Waals surface area (Å²) in [4.78, 5) is 15.8. The van der Waals surface area contributed by atoms with Gasteiger partial charge in [-0.2, -0.15) is 0 Å². The van der Waals surface area contributed by atoms with Crippen molar-refractivity contribution >= 4 is 17.1 Å². The molecule has 3 rings (SSSR count). The monoisotopic (exact) mass is 253 g/mol. The predicted molar refractivity (Wildman–Crippen MR) is 70.8 cm³/mol. The van der Waals surface area contributed by atoms with Gasteiger partial charge >= 0.3 is 5.97 Å². The summed E-state index contributed by atoms with van der Waals surface area (Å²) >= 11 is 0. The Kier molecular flexibility index (Phi) is 2.76. The van der Waals surface area contributed by atoms with Crippen molar-refractivity contribution in [2.75, 3.05) is 7.11 Å². The first-order valence-corrected chi connectivity index (χ1v) is 5.82. The van der Waals surface area contributed by atoms with E-state index >= 15 is 0 Å². The molecule has 0 bridgehead atoms. The first-order chi connectivity index (χ1) is 9.28. The van der Waals surface area contributed by atoms with Gasteiger partial charge in [-0.1, -0.05) is 18.2 Å². The Bertz CT molecular complexity index is 731. The van der Waals surface area contributed by atoms with Crippen LogP contribution in [0.3, 0.4) is 0 Å². The molecule has 0 radical (unpaired) electrons. The molecule has 94 valence electrons. The lowest BCUT2D eigenvalue weighted by Gasteiger charge is -1.96. The molecular weight excluding hydrogens is 242 g/mol. The third kappa shape index (κ3) is 2.08. The molecule has 4 nitrogen and oxygen atoms in total. The van der Waals surface area contributed by atoms with Crippen molar-refractivity contribution in [1.82, 2.24) is 4.98 Å². The number of carbonyl (C=O) groups excluding carboxylic acids is 1. The van der Waals surface area contributed by atoms with Gasteiger partial charge in [-0.3, -0.25) is 0 Å². The molecule has 1 aromatic heterocycles. The van der Waals surface area contributed by atoms with Crippen LogP contribution in [0.2, 0.25) is 0 Å². The minimum atomic E-state index is -0.389. The number of carbonyl (C=O) groups is 1. The lowest BCUT2D eigenvalue weighted by atomic mass is 10.2. The van der Waals surface area contributed by atoms with Gasteiger partial charge in [0.15, 0.2) is 5.58 Å². The molecule has 0 aliphatic rings. The van der Waals surface area contributed by atoms with Crippen molar-refractivity contribution in [3.63, 3.8) is 0 Å². The Morgan fingerprint density at radius 2 is 1.95 bits per heavy atom. The van der Waals surface area contributed by atoms with Crippen molar-refractivity contribution in [3.8, 4) is 11.5 Å². The van der Waals surface area contributed by atoms with Gasteiger partial charge in [0.05, 0.1) is 12.7 Å². The average Bonchev–Trinajstić information content (AvgIpc) is 2.90. The molecule has 0 N–H and O–H groups in total. The molecule has 0 aliphatic heterocycles. The molecule has 0 amide bonds. The van der Waals surface area contributed by atoms with E-state index in [1.165, 1.54) is 7.11 Å². The number of esters is 1. The number of fused-ring (bicyclic) bond motifs is 1. The summed E-state index contributed by atoms with van der Waals surface area (Å²) in [7, 11) is 1.35. The molecule has 0 saturated carbocycles. The number of ether oxygens (including phenoxy) is 1. The topological polar surface area (TPSA) is 52.3 Å². The maximum absolute atomic E-state index is 11.4. The quantitative estimate of drug-likeness (QED) is 0.658. The number of hydrogen-bond acceptors (Lipinski definition) is 4. The number of oxazole rings is 1. The van der Waals surface area contributed by atoms with E-state index in [9.17, 15) is 4.79 Å². The minimum absolute atomic E-state index is 0.389. The molecule has 0 spiro atoms. The van der Waals surface area contributed by atoms with Gasteiger partial charge in [0.2, 0.25) is 5.89 Å². The summed E-state index contributed by atoms with van der Waals surface area (Å²) < 4.78 is 10.3. The molecule has 0 unspecified atom stereocenters. The van der Waals surface area contributed by atoms with Crippen LogP contribution in [0.5, 0.6) is 0 Å². The fourth-order valence-electron chi connectivity index (χ4n) is 1.87. The number of aromatic nitrogens is 1. The smallest absolute Gasteiger partial charge is 0.337 e. The van der Waals surface area contributed by atoms with Gasteiger partial charge < -0.3 is 9.15 Å². The molecule has 0 fully saturated rings. The van der Waals surface area contributed by atoms with Crippen LogP contribution < -0.4 is 0 Å². The van der Waals surface area contributed by atoms with Crippen LogP contribution in [0.25, 0.3) is 22.6 Å². The van der Waals surface area contributed by atoms with E-state index in [4.69, 9.17) is 4.42 Å². The predicted octanol–water partition coefficient (Wildman–Crippen LogP) is 3.28. The van der Waals surface area contributed by atoms with E-state index in [1.54, 1.807) is 18.2 Å². The second-order valence-corrected chi connectivity index (χ2v) is 4.06. The van der Waals surface area contributed by atoms with Crippen molar-refractivity contribution in [1.29, 1.82) is 0 Å². The minimum Gasteiger partial charge on any atom is -0.465 e. The zero-order chi connectivity index (χ0) is 13.2. The highest BCUT2D eigenvalue weighted by Crippen LogP contribution is 2.24. The van der Waals surface area contributed by atoms with Crippen molar-refractivity contribution in [2.24, 2.45) is 0 Å². The standard InChI is InChI=1S/C15H11NO3/c1-18-15(17)11-7-8-12-13(9-11)19-14(16-12)10-5-3-2-4-6-10/h2-9H,1H3. The van der Waals surface area contributed by atoms with E-state index in [2.05, 4.69) is 9.72 Å². The Balaban J connectivity index is 2.09. The van der Waals surface area contributed by atoms with Gasteiger partial charge in [0.1, 0.15) is 5.52 Å². The lowest BCUT2D eigenvalue weighted by molar-refractivity contribution is 0.0601. The van der Waals surface area contributed by atoms with Crippen molar-refractivity contribution in [2.45, 2.75) is 0 Å². The van der Waals surface area contributed by atoms with Crippen molar-refractivity contribution in [3.05, 3.63) is 54.1 Å². The summed E-state index contributed by atoms with van der Waals surface area (Å²) in [6.45, 7) is 0. The van der Waals surface area contributed by atoms with Gasteiger partial charge in [0, 0.05) is 5.56 Å². The zero-order valence-corrected chi connectivity index (χ0v) is 10.3. The first-order valence-electron chi connectivity index (χ1n) is 5.82. The SMILES string of the molecule is COC(=O)c1ccc2nc(-c3ccccc3)oc2c1. The maximum atomic E-state index is 11.4. The number of benzene rings is 2. The summed E-state index contributed by atoms with van der Waals surface area (Å²) in [6, 6.07) is 14.7. The number of rotatable bonds is 2. The highest BCUT2D eigenvalue weighted by atomic mass is 16.5. The van der Waals surface area contributed by atoms with Gasteiger partial charge in [-0.25, -0.2) is 9.78 Å². The highest BCUT2D eigenvalue weighted by Gasteiger charge is 2.11. The fourth-order valence-corrected chi connectivity index (χ4v) is 1.87. The van der Waals surface area contributed by atoms with Crippen LogP contribution in [0, 0.1) is 0 Å². The van der Waals surface area contributed by atoms with Gasteiger partial charge in [-0.15, -0.1) is 0 Å². The Hall–Kier alpha value is -2.62. The molecule has 19 heavy (non-hydrogen) atoms. The molecule has 0 atom stereocenters.